The lowest BCUT2D eigenvalue weighted by Crippen LogP contribution is -2.27. The molecule has 0 spiro atoms. The van der Waals surface area contributed by atoms with E-state index in [2.05, 4.69) is 0 Å². The number of rotatable bonds is 5. The molecule has 0 saturated heterocycles. The fourth-order valence-electron chi connectivity index (χ4n) is 2.70. The van der Waals surface area contributed by atoms with E-state index in [1.165, 1.54) is 6.92 Å². The normalized spacial score (nSPS) is 10.7. The topological polar surface area (TPSA) is 83.1 Å². The number of benzene rings is 1. The molecule has 5 nitrogen and oxygen atoms in total. The van der Waals surface area contributed by atoms with Crippen LogP contribution in [0.15, 0.2) is 29.1 Å². The molecule has 0 bridgehead atoms. The number of nitriles is 1. The van der Waals surface area contributed by atoms with Gasteiger partial charge in [-0.15, -0.1) is 0 Å². The summed E-state index contributed by atoms with van der Waals surface area (Å²) in [6, 6.07) is 8.75. The van der Waals surface area contributed by atoms with Crippen LogP contribution in [-0.2, 0) is 6.54 Å². The average Bonchev–Trinajstić information content (AvgIpc) is 2.53. The summed E-state index contributed by atoms with van der Waals surface area (Å²) in [5, 5.41) is 20.4. The van der Waals surface area contributed by atoms with Crippen molar-refractivity contribution in [2.45, 2.75) is 33.7 Å². The molecule has 0 aliphatic heterocycles. The minimum absolute atomic E-state index is 0.0249. The van der Waals surface area contributed by atoms with Crippen LogP contribution in [0.3, 0.4) is 0 Å². The molecular formula is C19H19ClN2O3. The Balaban J connectivity index is 2.68. The third-order valence-corrected chi connectivity index (χ3v) is 4.33. The summed E-state index contributed by atoms with van der Waals surface area (Å²) in [5.74, 6) is -0.637. The lowest BCUT2D eigenvalue weighted by Gasteiger charge is -2.16. The van der Waals surface area contributed by atoms with E-state index >= 15 is 0 Å². The number of carbonyl (C=O) groups excluding carboxylic acids is 1. The maximum atomic E-state index is 12.6. The highest BCUT2D eigenvalue weighted by Crippen LogP contribution is 2.26. The Kier molecular flexibility index (Phi) is 5.66. The van der Waals surface area contributed by atoms with Crippen molar-refractivity contribution >= 4 is 17.4 Å². The Labute approximate surface area is 151 Å². The lowest BCUT2D eigenvalue weighted by molar-refractivity contribution is 0.0963. The Morgan fingerprint density at radius 2 is 2.00 bits per heavy atom. The molecule has 2 aromatic rings. The summed E-state index contributed by atoms with van der Waals surface area (Å²) in [4.78, 5) is 25.1. The van der Waals surface area contributed by atoms with Gasteiger partial charge in [0.05, 0.1) is 12.1 Å². The van der Waals surface area contributed by atoms with Gasteiger partial charge in [0.2, 0.25) is 5.88 Å². The maximum absolute atomic E-state index is 12.6. The number of halogens is 1. The quantitative estimate of drug-likeness (QED) is 0.826. The molecule has 2 rings (SSSR count). The number of nitrogens with zero attached hydrogens (tertiary/aromatic N) is 2. The predicted molar refractivity (Wildman–Crippen MR) is 96.2 cm³/mol. The Bertz CT molecular complexity index is 923. The third kappa shape index (κ3) is 3.75. The molecule has 0 radical (unpaired) electrons. The second-order valence-electron chi connectivity index (χ2n) is 6.31. The first-order chi connectivity index (χ1) is 11.8. The van der Waals surface area contributed by atoms with Crippen LogP contribution in [0.1, 0.15) is 47.3 Å². The van der Waals surface area contributed by atoms with Crippen LogP contribution in [0.5, 0.6) is 5.88 Å². The van der Waals surface area contributed by atoms with Crippen LogP contribution in [-0.4, -0.2) is 15.5 Å². The highest BCUT2D eigenvalue weighted by atomic mass is 35.5. The fourth-order valence-corrected chi connectivity index (χ4v) is 2.90. The number of Topliss-reactive ketones (excluding diaryl/α,β-unsaturated/α-hetero) is 1. The molecule has 1 aromatic heterocycles. The van der Waals surface area contributed by atoms with Crippen LogP contribution in [0, 0.1) is 24.2 Å². The van der Waals surface area contributed by atoms with Crippen molar-refractivity contribution in [3.05, 3.63) is 61.9 Å². The summed E-state index contributed by atoms with van der Waals surface area (Å²) >= 11 is 6.13. The van der Waals surface area contributed by atoms with E-state index in [9.17, 15) is 20.0 Å². The fraction of sp³-hybridized carbons (Fsp3) is 0.316. The number of ketones is 1. The van der Waals surface area contributed by atoms with Crippen LogP contribution in [0.2, 0.25) is 5.02 Å². The molecule has 1 aromatic carbocycles. The molecule has 25 heavy (non-hydrogen) atoms. The average molecular weight is 359 g/mol. The van der Waals surface area contributed by atoms with Crippen molar-refractivity contribution in [3.8, 4) is 11.9 Å². The maximum Gasteiger partial charge on any atom is 0.271 e. The second kappa shape index (κ2) is 7.54. The van der Waals surface area contributed by atoms with Gasteiger partial charge in [-0.25, -0.2) is 0 Å². The van der Waals surface area contributed by atoms with E-state index in [0.29, 0.717) is 10.6 Å². The molecule has 0 saturated carbocycles. The van der Waals surface area contributed by atoms with E-state index in [0.717, 1.165) is 4.57 Å². The van der Waals surface area contributed by atoms with Crippen molar-refractivity contribution < 1.29 is 9.90 Å². The van der Waals surface area contributed by atoms with Crippen molar-refractivity contribution in [1.29, 1.82) is 5.26 Å². The predicted octanol–water partition coefficient (Wildman–Crippen LogP) is 3.66. The number of carbonyl (C=O) groups is 1. The smallest absolute Gasteiger partial charge is 0.271 e. The number of hydrogen-bond donors (Lipinski definition) is 1. The standard InChI is InChI=1S/C19H19ClN2O3/c1-11(2)8-16(23)17-12(3)14(9-21)18(24)22(19(17)25)10-13-6-4-5-7-15(13)20/h4-7,11,25H,8,10H2,1-3H3. The molecular weight excluding hydrogens is 340 g/mol. The molecule has 0 fully saturated rings. The summed E-state index contributed by atoms with van der Waals surface area (Å²) in [6.07, 6.45) is 0.212. The van der Waals surface area contributed by atoms with E-state index in [1.54, 1.807) is 24.3 Å². The van der Waals surface area contributed by atoms with Gasteiger partial charge in [-0.1, -0.05) is 43.6 Å². The third-order valence-electron chi connectivity index (χ3n) is 3.96. The van der Waals surface area contributed by atoms with Crippen molar-refractivity contribution in [1.82, 2.24) is 4.57 Å². The Hall–Kier alpha value is -2.58. The van der Waals surface area contributed by atoms with Gasteiger partial charge in [0.1, 0.15) is 11.6 Å². The number of aromatic hydroxyl groups is 1. The van der Waals surface area contributed by atoms with Crippen molar-refractivity contribution in [2.24, 2.45) is 5.92 Å². The first kappa shape index (κ1) is 18.8. The largest absolute Gasteiger partial charge is 0.494 e. The summed E-state index contributed by atoms with van der Waals surface area (Å²) in [7, 11) is 0. The molecule has 1 heterocycles. The molecule has 0 atom stereocenters. The number of pyridine rings is 1. The van der Waals surface area contributed by atoms with E-state index < -0.39 is 11.4 Å². The van der Waals surface area contributed by atoms with Gasteiger partial charge in [0.25, 0.3) is 5.56 Å². The van der Waals surface area contributed by atoms with Gasteiger partial charge in [0.15, 0.2) is 5.78 Å². The first-order valence-corrected chi connectivity index (χ1v) is 8.28. The second-order valence-corrected chi connectivity index (χ2v) is 6.72. The number of aromatic nitrogens is 1. The highest BCUT2D eigenvalue weighted by molar-refractivity contribution is 6.31. The molecule has 6 heteroatoms. The van der Waals surface area contributed by atoms with Gasteiger partial charge < -0.3 is 5.11 Å². The molecule has 0 aliphatic rings. The van der Waals surface area contributed by atoms with Gasteiger partial charge in [0, 0.05) is 11.4 Å². The van der Waals surface area contributed by atoms with Crippen LogP contribution in [0.4, 0.5) is 0 Å². The summed E-state index contributed by atoms with van der Waals surface area (Å²) in [6.45, 7) is 5.25. The summed E-state index contributed by atoms with van der Waals surface area (Å²) in [5.41, 5.74) is 0.0648. The van der Waals surface area contributed by atoms with E-state index in [4.69, 9.17) is 11.6 Å². The van der Waals surface area contributed by atoms with Gasteiger partial charge in [-0.3, -0.25) is 14.2 Å². The van der Waals surface area contributed by atoms with Gasteiger partial charge in [-0.05, 0) is 30.0 Å². The lowest BCUT2D eigenvalue weighted by atomic mass is 9.96. The highest BCUT2D eigenvalue weighted by Gasteiger charge is 2.24. The van der Waals surface area contributed by atoms with Gasteiger partial charge >= 0.3 is 0 Å². The Morgan fingerprint density at radius 3 is 2.56 bits per heavy atom. The van der Waals surface area contributed by atoms with Crippen LogP contribution < -0.4 is 5.56 Å². The van der Waals surface area contributed by atoms with E-state index in [-0.39, 0.29) is 41.4 Å². The van der Waals surface area contributed by atoms with E-state index in [1.807, 2.05) is 19.9 Å². The zero-order chi connectivity index (χ0) is 18.7. The Morgan fingerprint density at radius 1 is 1.36 bits per heavy atom. The first-order valence-electron chi connectivity index (χ1n) is 7.91. The molecule has 130 valence electrons. The molecule has 1 N–H and O–H groups in total. The minimum Gasteiger partial charge on any atom is -0.494 e. The zero-order valence-corrected chi connectivity index (χ0v) is 15.1. The monoisotopic (exact) mass is 358 g/mol. The van der Waals surface area contributed by atoms with Gasteiger partial charge in [-0.2, -0.15) is 5.26 Å². The van der Waals surface area contributed by atoms with Crippen molar-refractivity contribution in [2.75, 3.05) is 0 Å². The molecule has 0 unspecified atom stereocenters. The summed E-state index contributed by atoms with van der Waals surface area (Å²) < 4.78 is 1.03. The van der Waals surface area contributed by atoms with Crippen LogP contribution in [0.25, 0.3) is 0 Å². The SMILES string of the molecule is Cc1c(C(=O)CC(C)C)c(O)n(Cc2ccccc2Cl)c(=O)c1C#N. The van der Waals surface area contributed by atoms with Crippen molar-refractivity contribution in [3.63, 3.8) is 0 Å². The molecule has 0 aliphatic carbocycles. The number of hydrogen-bond acceptors (Lipinski definition) is 4. The minimum atomic E-state index is -0.640. The van der Waals surface area contributed by atoms with Crippen LogP contribution >= 0.6 is 11.6 Å². The zero-order valence-electron chi connectivity index (χ0n) is 14.3. The molecule has 0 amide bonds.